The van der Waals surface area contributed by atoms with Crippen molar-refractivity contribution in [1.29, 1.82) is 0 Å². The van der Waals surface area contributed by atoms with Crippen LogP contribution in [0.5, 0.6) is 0 Å². The Morgan fingerprint density at radius 2 is 1.81 bits per heavy atom. The molecule has 0 aliphatic carbocycles. The predicted octanol–water partition coefficient (Wildman–Crippen LogP) is -0.240. The van der Waals surface area contributed by atoms with Gasteiger partial charge in [0.15, 0.2) is 20.6 Å². The molecular weight excluding hydrogens is 316 g/mol. The molecular formula is C11H22N4O4S2. The monoisotopic (exact) mass is 338 g/mol. The van der Waals surface area contributed by atoms with E-state index in [2.05, 4.69) is 5.10 Å². The van der Waals surface area contributed by atoms with Crippen LogP contribution in [0, 0.1) is 0 Å². The average molecular weight is 338 g/mol. The number of nitrogens with zero attached hydrogens (tertiary/aromatic N) is 3. The molecule has 0 bridgehead atoms. The zero-order valence-corrected chi connectivity index (χ0v) is 14.3. The minimum absolute atomic E-state index is 0.0210. The van der Waals surface area contributed by atoms with Gasteiger partial charge in [0.05, 0.1) is 12.3 Å². The summed E-state index contributed by atoms with van der Waals surface area (Å²) in [7, 11) is -5.02. The van der Waals surface area contributed by atoms with Gasteiger partial charge < -0.3 is 10.6 Å². The molecule has 0 aromatic carbocycles. The van der Waals surface area contributed by atoms with Gasteiger partial charge in [0.2, 0.25) is 0 Å². The molecule has 10 heteroatoms. The highest BCUT2D eigenvalue weighted by Crippen LogP contribution is 2.29. The van der Waals surface area contributed by atoms with Crippen LogP contribution < -0.4 is 10.6 Å². The van der Waals surface area contributed by atoms with E-state index in [1.54, 1.807) is 11.9 Å². The molecule has 0 spiro atoms. The summed E-state index contributed by atoms with van der Waals surface area (Å²) in [5.41, 5.74) is 5.85. The second-order valence-electron chi connectivity index (χ2n) is 5.08. The van der Waals surface area contributed by atoms with Gasteiger partial charge in [0, 0.05) is 26.1 Å². The van der Waals surface area contributed by atoms with Crippen molar-refractivity contribution in [2.75, 3.05) is 42.5 Å². The molecule has 0 fully saturated rings. The molecule has 0 unspecified atom stereocenters. The zero-order chi connectivity index (χ0) is 16.4. The molecule has 1 heterocycles. The van der Waals surface area contributed by atoms with Crippen LogP contribution >= 0.6 is 0 Å². The Labute approximate surface area is 125 Å². The summed E-state index contributed by atoms with van der Waals surface area (Å²) in [5, 5.41) is 4.17. The highest BCUT2D eigenvalue weighted by molar-refractivity contribution is 7.91. The van der Waals surface area contributed by atoms with E-state index in [-0.39, 0.29) is 28.8 Å². The fraction of sp³-hybridized carbons (Fsp3) is 0.727. The standard InChI is InChI=1S/C11H22N4O4S2/c1-5-6-14(2)11-9(21(4,18)19)10(12)15(13-11)7-8-20(3,16)17/h5-8,12H2,1-4H3. The molecule has 0 aliphatic heterocycles. The number of hydrogen-bond acceptors (Lipinski definition) is 7. The van der Waals surface area contributed by atoms with Gasteiger partial charge in [-0.3, -0.25) is 0 Å². The highest BCUT2D eigenvalue weighted by atomic mass is 32.2. The maximum Gasteiger partial charge on any atom is 0.182 e. The molecule has 0 radical (unpaired) electrons. The van der Waals surface area contributed by atoms with Crippen LogP contribution in [0.3, 0.4) is 0 Å². The van der Waals surface area contributed by atoms with E-state index in [1.807, 2.05) is 6.92 Å². The summed E-state index contributed by atoms with van der Waals surface area (Å²) in [6, 6.07) is 0. The van der Waals surface area contributed by atoms with E-state index >= 15 is 0 Å². The molecule has 8 nitrogen and oxygen atoms in total. The molecule has 2 N–H and O–H groups in total. The number of sulfone groups is 2. The number of rotatable bonds is 7. The predicted molar refractivity (Wildman–Crippen MR) is 83.0 cm³/mol. The van der Waals surface area contributed by atoms with Crippen molar-refractivity contribution >= 4 is 31.3 Å². The first kappa shape index (κ1) is 17.8. The number of aromatic nitrogens is 2. The summed E-state index contributed by atoms with van der Waals surface area (Å²) in [6.45, 7) is 2.60. The Bertz CT molecular complexity index is 707. The van der Waals surface area contributed by atoms with Crippen LogP contribution in [0.1, 0.15) is 13.3 Å². The summed E-state index contributed by atoms with van der Waals surface area (Å²) >= 11 is 0. The molecule has 21 heavy (non-hydrogen) atoms. The number of hydrogen-bond donors (Lipinski definition) is 1. The molecule has 0 saturated carbocycles. The Balaban J connectivity index is 3.31. The first-order valence-corrected chi connectivity index (χ1v) is 10.4. The lowest BCUT2D eigenvalue weighted by Crippen LogP contribution is -2.20. The largest absolute Gasteiger partial charge is 0.383 e. The van der Waals surface area contributed by atoms with Gasteiger partial charge in [-0.1, -0.05) is 6.92 Å². The zero-order valence-electron chi connectivity index (χ0n) is 12.7. The van der Waals surface area contributed by atoms with E-state index in [9.17, 15) is 16.8 Å². The normalized spacial score (nSPS) is 12.6. The maximum absolute atomic E-state index is 11.9. The van der Waals surface area contributed by atoms with Crippen LogP contribution in [0.2, 0.25) is 0 Å². The Morgan fingerprint density at radius 1 is 1.24 bits per heavy atom. The smallest absolute Gasteiger partial charge is 0.182 e. The fourth-order valence-electron chi connectivity index (χ4n) is 1.91. The minimum Gasteiger partial charge on any atom is -0.383 e. The van der Waals surface area contributed by atoms with Crippen LogP contribution in [-0.4, -0.2) is 58.5 Å². The molecule has 0 saturated heterocycles. The Kier molecular flexibility index (Phi) is 5.26. The fourth-order valence-corrected chi connectivity index (χ4v) is 3.43. The van der Waals surface area contributed by atoms with Crippen molar-refractivity contribution in [3.63, 3.8) is 0 Å². The maximum atomic E-state index is 11.9. The number of anilines is 2. The SMILES string of the molecule is CCCN(C)c1nn(CCS(C)(=O)=O)c(N)c1S(C)(=O)=O. The molecule has 122 valence electrons. The van der Waals surface area contributed by atoms with E-state index in [0.717, 1.165) is 18.9 Å². The molecule has 0 atom stereocenters. The van der Waals surface area contributed by atoms with Crippen LogP contribution in [0.4, 0.5) is 11.6 Å². The second kappa shape index (κ2) is 6.22. The van der Waals surface area contributed by atoms with Crippen molar-refractivity contribution in [2.45, 2.75) is 24.8 Å². The number of nitrogens with two attached hydrogens (primary N) is 1. The van der Waals surface area contributed by atoms with Crippen LogP contribution in [0.15, 0.2) is 4.90 Å². The Morgan fingerprint density at radius 3 is 2.24 bits per heavy atom. The van der Waals surface area contributed by atoms with Crippen molar-refractivity contribution < 1.29 is 16.8 Å². The molecule has 0 aliphatic rings. The summed E-state index contributed by atoms with van der Waals surface area (Å²) < 4.78 is 47.5. The van der Waals surface area contributed by atoms with Gasteiger partial charge in [-0.2, -0.15) is 5.10 Å². The van der Waals surface area contributed by atoms with Gasteiger partial charge in [-0.25, -0.2) is 21.5 Å². The van der Waals surface area contributed by atoms with E-state index in [4.69, 9.17) is 5.73 Å². The molecule has 0 amide bonds. The second-order valence-corrected chi connectivity index (χ2v) is 9.30. The lowest BCUT2D eigenvalue weighted by molar-refractivity contribution is 0.587. The van der Waals surface area contributed by atoms with E-state index < -0.39 is 19.7 Å². The Hall–Kier alpha value is -1.29. The van der Waals surface area contributed by atoms with Crippen LogP contribution in [-0.2, 0) is 26.2 Å². The summed E-state index contributed by atoms with van der Waals surface area (Å²) in [6.07, 6.45) is 2.98. The third kappa shape index (κ3) is 4.60. The van der Waals surface area contributed by atoms with E-state index in [0.29, 0.717) is 6.54 Å². The first-order valence-electron chi connectivity index (χ1n) is 6.42. The van der Waals surface area contributed by atoms with E-state index in [1.165, 1.54) is 4.68 Å². The third-order valence-electron chi connectivity index (χ3n) is 2.89. The molecule has 1 aromatic heterocycles. The van der Waals surface area contributed by atoms with Crippen molar-refractivity contribution in [1.82, 2.24) is 9.78 Å². The van der Waals surface area contributed by atoms with Crippen molar-refractivity contribution in [2.24, 2.45) is 0 Å². The summed E-state index contributed by atoms with van der Waals surface area (Å²) in [5.74, 6) is 0.0726. The number of nitrogen functional groups attached to an aromatic ring is 1. The van der Waals surface area contributed by atoms with Gasteiger partial charge in [-0.05, 0) is 6.42 Å². The molecule has 1 aromatic rings. The topological polar surface area (TPSA) is 115 Å². The minimum atomic E-state index is -3.56. The lowest BCUT2D eigenvalue weighted by Gasteiger charge is -2.16. The van der Waals surface area contributed by atoms with Crippen LogP contribution in [0.25, 0.3) is 0 Å². The first-order chi connectivity index (χ1) is 9.47. The van der Waals surface area contributed by atoms with Crippen molar-refractivity contribution in [3.05, 3.63) is 0 Å². The van der Waals surface area contributed by atoms with Gasteiger partial charge >= 0.3 is 0 Å². The van der Waals surface area contributed by atoms with Gasteiger partial charge in [0.1, 0.15) is 15.7 Å². The third-order valence-corrected chi connectivity index (χ3v) is 4.95. The van der Waals surface area contributed by atoms with Crippen molar-refractivity contribution in [3.8, 4) is 0 Å². The van der Waals surface area contributed by atoms with Gasteiger partial charge in [0.25, 0.3) is 0 Å². The number of aryl methyl sites for hydroxylation is 1. The highest BCUT2D eigenvalue weighted by Gasteiger charge is 2.26. The molecule has 1 rings (SSSR count). The summed E-state index contributed by atoms with van der Waals surface area (Å²) in [4.78, 5) is 1.65. The average Bonchev–Trinajstić information content (AvgIpc) is 2.63. The lowest BCUT2D eigenvalue weighted by atomic mass is 10.4. The van der Waals surface area contributed by atoms with Gasteiger partial charge in [-0.15, -0.1) is 0 Å². The quantitative estimate of drug-likeness (QED) is 0.729.